The second-order valence-corrected chi connectivity index (χ2v) is 17.5. The molecule has 63 heavy (non-hydrogen) atoms. The standard InChI is InChI=1S/C48H52N8O7/c1-25(2)40(53-47(59)61-5)45(57)56-23-27(4)17-38(56)44-50-35-15-13-29-19-34-32-14-12-30(18-31(32)24-63-39(34)20-33(29)42(35)52-44)36-21-49-43(51-36)37-16-26(3)22-55(37)46(58)41(54-48(60)62-6)28-10-8-7-9-11-28/h7-15,18-21,25-27,37-38,40-41H,16-17,22-24H2,1-6H3,(H,49,51)(H,50,52)(H,53,59)(H,54,60). The SMILES string of the molecule is COC(=O)NC(C(=O)N1CC(C)CC1c1ncc(-c2ccc3c(c2)COc2cc4c(ccc5[nH]c(C6CC(C)CN6C(=O)C(NC(=O)OC)C(C)C)nc54)cc2-3)[nH]1)c1ccccc1. The van der Waals surface area contributed by atoms with Crippen molar-refractivity contribution in [3.05, 3.63) is 102 Å². The average Bonchev–Trinajstić information content (AvgIpc) is 4.12. The molecule has 15 heteroatoms. The van der Waals surface area contributed by atoms with Crippen molar-refractivity contribution in [2.45, 2.75) is 71.3 Å². The predicted molar refractivity (Wildman–Crippen MR) is 236 cm³/mol. The van der Waals surface area contributed by atoms with Crippen LogP contribution in [0.15, 0.2) is 79.0 Å². The van der Waals surface area contributed by atoms with E-state index in [1.54, 1.807) is 4.90 Å². The molecule has 326 valence electrons. The molecule has 9 rings (SSSR count). The Morgan fingerprint density at radius 2 is 1.49 bits per heavy atom. The van der Waals surface area contributed by atoms with Gasteiger partial charge >= 0.3 is 12.2 Å². The van der Waals surface area contributed by atoms with Gasteiger partial charge in [-0.25, -0.2) is 19.6 Å². The van der Waals surface area contributed by atoms with Gasteiger partial charge in [0.2, 0.25) is 5.91 Å². The first kappa shape index (κ1) is 41.5. The Balaban J connectivity index is 0.967. The van der Waals surface area contributed by atoms with Gasteiger partial charge in [-0.2, -0.15) is 0 Å². The van der Waals surface area contributed by atoms with Crippen molar-refractivity contribution in [3.8, 4) is 28.1 Å². The zero-order chi connectivity index (χ0) is 44.1. The van der Waals surface area contributed by atoms with E-state index in [1.165, 1.54) is 14.2 Å². The van der Waals surface area contributed by atoms with E-state index < -0.39 is 24.3 Å². The molecule has 6 unspecified atom stereocenters. The highest BCUT2D eigenvalue weighted by Gasteiger charge is 2.42. The molecule has 2 fully saturated rings. The Bertz CT molecular complexity index is 2730. The number of H-pyrrole nitrogens is 2. The molecule has 4 N–H and O–H groups in total. The fraction of sp³-hybridized carbons (Fsp3) is 0.375. The minimum absolute atomic E-state index is 0.135. The van der Waals surface area contributed by atoms with Crippen LogP contribution < -0.4 is 15.4 Å². The molecule has 4 amide bonds. The van der Waals surface area contributed by atoms with Crippen molar-refractivity contribution in [1.82, 2.24) is 40.4 Å². The third-order valence-corrected chi connectivity index (χ3v) is 12.7. The third-order valence-electron chi connectivity index (χ3n) is 12.7. The Labute approximate surface area is 364 Å². The van der Waals surface area contributed by atoms with Gasteiger partial charge in [-0.1, -0.05) is 76.2 Å². The number of carbonyl (C=O) groups is 4. The number of methoxy groups -OCH3 is 2. The normalized spacial score (nSPS) is 20.2. The van der Waals surface area contributed by atoms with Crippen LogP contribution in [0.4, 0.5) is 9.59 Å². The Morgan fingerprint density at radius 3 is 2.21 bits per heavy atom. The first-order valence-corrected chi connectivity index (χ1v) is 21.5. The third kappa shape index (κ3) is 7.80. The monoisotopic (exact) mass is 852 g/mol. The second-order valence-electron chi connectivity index (χ2n) is 17.5. The van der Waals surface area contributed by atoms with E-state index in [-0.39, 0.29) is 41.7 Å². The van der Waals surface area contributed by atoms with E-state index in [2.05, 4.69) is 70.8 Å². The van der Waals surface area contributed by atoms with E-state index in [0.717, 1.165) is 68.3 Å². The molecular weight excluding hydrogens is 801 g/mol. The van der Waals surface area contributed by atoms with Gasteiger partial charge in [-0.15, -0.1) is 0 Å². The molecule has 0 aliphatic carbocycles. The van der Waals surface area contributed by atoms with Crippen molar-refractivity contribution in [2.24, 2.45) is 17.8 Å². The zero-order valence-electron chi connectivity index (χ0n) is 36.2. The lowest BCUT2D eigenvalue weighted by molar-refractivity contribution is -0.136. The maximum Gasteiger partial charge on any atom is 0.407 e. The number of imidazole rings is 2. The van der Waals surface area contributed by atoms with E-state index in [4.69, 9.17) is 24.2 Å². The lowest BCUT2D eigenvalue weighted by Crippen LogP contribution is -2.51. The number of hydrogen-bond acceptors (Lipinski definition) is 9. The van der Waals surface area contributed by atoms with Crippen LogP contribution in [0.5, 0.6) is 5.75 Å². The van der Waals surface area contributed by atoms with Crippen molar-refractivity contribution >= 4 is 45.8 Å². The van der Waals surface area contributed by atoms with Crippen LogP contribution in [0.25, 0.3) is 44.2 Å². The van der Waals surface area contributed by atoms with Crippen LogP contribution in [0.3, 0.4) is 0 Å². The van der Waals surface area contributed by atoms with Crippen molar-refractivity contribution in [1.29, 1.82) is 0 Å². The van der Waals surface area contributed by atoms with Gasteiger partial charge in [0.05, 0.1) is 49.2 Å². The van der Waals surface area contributed by atoms with Crippen molar-refractivity contribution in [2.75, 3.05) is 27.3 Å². The number of aromatic amines is 2. The number of nitrogens with one attached hydrogen (secondary N) is 4. The number of alkyl carbamates (subject to hydrolysis) is 2. The minimum Gasteiger partial charge on any atom is -0.488 e. The maximum atomic E-state index is 14.2. The topological polar surface area (TPSA) is 184 Å². The molecule has 3 aliphatic rings. The molecule has 4 aromatic carbocycles. The van der Waals surface area contributed by atoms with E-state index in [0.29, 0.717) is 36.9 Å². The summed E-state index contributed by atoms with van der Waals surface area (Å²) in [6.07, 6.45) is 1.96. The molecule has 3 aliphatic heterocycles. The summed E-state index contributed by atoms with van der Waals surface area (Å²) in [4.78, 5) is 73.2. The number of benzene rings is 4. The number of ether oxygens (including phenoxy) is 3. The largest absolute Gasteiger partial charge is 0.488 e. The quantitative estimate of drug-likeness (QED) is 0.112. The molecule has 6 aromatic rings. The number of amides is 4. The van der Waals surface area contributed by atoms with Gasteiger partial charge < -0.3 is 44.6 Å². The molecule has 0 radical (unpaired) electrons. The lowest BCUT2D eigenvalue weighted by Gasteiger charge is -2.30. The maximum absolute atomic E-state index is 14.2. The van der Waals surface area contributed by atoms with Gasteiger partial charge in [0.1, 0.15) is 36.1 Å². The number of carbonyl (C=O) groups excluding carboxylic acids is 4. The first-order chi connectivity index (χ1) is 30.4. The van der Waals surface area contributed by atoms with Gasteiger partial charge in [0, 0.05) is 24.0 Å². The summed E-state index contributed by atoms with van der Waals surface area (Å²) in [5.41, 5.74) is 7.20. The van der Waals surface area contributed by atoms with Crippen LogP contribution in [0.2, 0.25) is 0 Å². The predicted octanol–water partition coefficient (Wildman–Crippen LogP) is 7.96. The summed E-state index contributed by atoms with van der Waals surface area (Å²) in [6.45, 7) is 9.50. The summed E-state index contributed by atoms with van der Waals surface area (Å²) in [5.74, 6) is 2.12. The van der Waals surface area contributed by atoms with Crippen LogP contribution >= 0.6 is 0 Å². The molecule has 15 nitrogen and oxygen atoms in total. The fourth-order valence-corrected chi connectivity index (χ4v) is 9.53. The van der Waals surface area contributed by atoms with E-state index in [9.17, 15) is 19.2 Å². The number of likely N-dealkylation sites (tertiary alicyclic amines) is 2. The smallest absolute Gasteiger partial charge is 0.407 e. The summed E-state index contributed by atoms with van der Waals surface area (Å²) in [7, 11) is 2.58. The highest BCUT2D eigenvalue weighted by molar-refractivity contribution is 6.07. The highest BCUT2D eigenvalue weighted by Crippen LogP contribution is 2.44. The molecule has 0 bridgehead atoms. The zero-order valence-corrected chi connectivity index (χ0v) is 36.2. The fourth-order valence-electron chi connectivity index (χ4n) is 9.53. The van der Waals surface area contributed by atoms with E-state index in [1.807, 2.05) is 61.3 Å². The van der Waals surface area contributed by atoms with Gasteiger partial charge in [-0.3, -0.25) is 9.59 Å². The molecule has 0 spiro atoms. The van der Waals surface area contributed by atoms with Crippen molar-refractivity contribution < 1.29 is 33.4 Å². The molecule has 5 heterocycles. The Hall–Kier alpha value is -6.90. The van der Waals surface area contributed by atoms with Gasteiger partial charge in [0.25, 0.3) is 5.91 Å². The van der Waals surface area contributed by atoms with Gasteiger partial charge in [0.15, 0.2) is 0 Å². The summed E-state index contributed by atoms with van der Waals surface area (Å²) in [6, 6.07) is 21.6. The molecule has 6 atom stereocenters. The number of rotatable bonds is 9. The first-order valence-electron chi connectivity index (χ1n) is 21.5. The second kappa shape index (κ2) is 16.8. The van der Waals surface area contributed by atoms with Crippen LogP contribution in [-0.4, -0.2) is 87.1 Å². The Kier molecular flexibility index (Phi) is 11.0. The number of nitrogens with zero attached hydrogens (tertiary/aromatic N) is 4. The molecule has 2 aromatic heterocycles. The van der Waals surface area contributed by atoms with Gasteiger partial charge in [-0.05, 0) is 82.5 Å². The van der Waals surface area contributed by atoms with Crippen LogP contribution in [0, 0.1) is 17.8 Å². The summed E-state index contributed by atoms with van der Waals surface area (Å²) < 4.78 is 16.1. The Morgan fingerprint density at radius 1 is 0.794 bits per heavy atom. The lowest BCUT2D eigenvalue weighted by atomic mass is 9.92. The minimum atomic E-state index is -0.907. The average molecular weight is 853 g/mol. The van der Waals surface area contributed by atoms with E-state index >= 15 is 0 Å². The van der Waals surface area contributed by atoms with Crippen LogP contribution in [-0.2, 0) is 25.7 Å². The van der Waals surface area contributed by atoms with Crippen LogP contribution in [0.1, 0.15) is 81.4 Å². The number of hydrogen-bond donors (Lipinski definition) is 4. The summed E-state index contributed by atoms with van der Waals surface area (Å²) in [5, 5.41) is 7.42. The van der Waals surface area contributed by atoms with Crippen molar-refractivity contribution in [3.63, 3.8) is 0 Å². The number of fused-ring (bicyclic) bond motifs is 6. The molecular formula is C48H52N8O7. The summed E-state index contributed by atoms with van der Waals surface area (Å²) >= 11 is 0. The number of aromatic nitrogens is 4. The molecule has 2 saturated heterocycles. The highest BCUT2D eigenvalue weighted by atomic mass is 16.5. The molecule has 0 saturated carbocycles.